The first-order chi connectivity index (χ1) is 13.8. The van der Waals surface area contributed by atoms with Gasteiger partial charge in [0, 0.05) is 16.8 Å². The van der Waals surface area contributed by atoms with Crippen molar-refractivity contribution in [3.8, 4) is 6.07 Å². The van der Waals surface area contributed by atoms with Crippen molar-refractivity contribution in [3.63, 3.8) is 0 Å². The highest BCUT2D eigenvalue weighted by atomic mass is 32.2. The highest BCUT2D eigenvalue weighted by Gasteiger charge is 2.25. The Morgan fingerprint density at radius 3 is 2.55 bits per heavy atom. The second kappa shape index (κ2) is 10.7. The third-order valence-electron chi connectivity index (χ3n) is 3.82. The number of ether oxygens (including phenoxy) is 1. The molecule has 0 bridgehead atoms. The molecule has 1 N–H and O–H groups in total. The molecule has 0 aliphatic carbocycles. The Morgan fingerprint density at radius 2 is 1.97 bits per heavy atom. The van der Waals surface area contributed by atoms with E-state index in [1.165, 1.54) is 11.3 Å². The molecular formula is C20H21N3O4S2. The summed E-state index contributed by atoms with van der Waals surface area (Å²) in [5.41, 5.74) is 2.50. The van der Waals surface area contributed by atoms with Gasteiger partial charge in [0.15, 0.2) is 18.3 Å². The molecule has 2 aromatic rings. The first kappa shape index (κ1) is 22.6. The lowest BCUT2D eigenvalue weighted by atomic mass is 10.1. The summed E-state index contributed by atoms with van der Waals surface area (Å²) in [5, 5.41) is 13.5. The molecular weight excluding hydrogens is 410 g/mol. The first-order valence-electron chi connectivity index (χ1n) is 8.79. The van der Waals surface area contributed by atoms with Gasteiger partial charge in [0.25, 0.3) is 0 Å². The van der Waals surface area contributed by atoms with E-state index in [1.54, 1.807) is 31.4 Å². The maximum Gasteiger partial charge on any atom is 0.319 e. The molecule has 2 atom stereocenters. The maximum absolute atomic E-state index is 12.2. The minimum atomic E-state index is -1.05. The zero-order valence-electron chi connectivity index (χ0n) is 16.3. The molecule has 0 spiro atoms. The molecule has 1 aromatic carbocycles. The van der Waals surface area contributed by atoms with Crippen LogP contribution in [0.5, 0.6) is 0 Å². The fourth-order valence-corrected chi connectivity index (χ4v) is 3.75. The van der Waals surface area contributed by atoms with E-state index in [0.29, 0.717) is 10.7 Å². The zero-order chi connectivity index (χ0) is 21.4. The minimum absolute atomic E-state index is 0.0668. The fourth-order valence-electron chi connectivity index (χ4n) is 2.22. The van der Waals surface area contributed by atoms with Gasteiger partial charge in [0.2, 0.25) is 5.91 Å². The van der Waals surface area contributed by atoms with Crippen molar-refractivity contribution in [1.29, 1.82) is 5.26 Å². The minimum Gasteiger partial charge on any atom is -0.457 e. The van der Waals surface area contributed by atoms with Crippen molar-refractivity contribution >= 4 is 46.4 Å². The van der Waals surface area contributed by atoms with E-state index in [-0.39, 0.29) is 11.7 Å². The molecule has 1 heterocycles. The highest BCUT2D eigenvalue weighted by Crippen LogP contribution is 2.21. The molecule has 9 heteroatoms. The van der Waals surface area contributed by atoms with Gasteiger partial charge < -0.3 is 10.1 Å². The molecule has 1 aromatic heterocycles. The van der Waals surface area contributed by atoms with Crippen molar-refractivity contribution < 1.29 is 19.1 Å². The Hall–Kier alpha value is -2.70. The van der Waals surface area contributed by atoms with Gasteiger partial charge in [0.05, 0.1) is 11.8 Å². The van der Waals surface area contributed by atoms with Crippen LogP contribution in [0.25, 0.3) is 0 Å². The van der Waals surface area contributed by atoms with Gasteiger partial charge in [-0.2, -0.15) is 5.26 Å². The number of aromatic nitrogens is 1. The van der Waals surface area contributed by atoms with Crippen LogP contribution >= 0.6 is 23.1 Å². The molecule has 0 saturated carbocycles. The van der Waals surface area contributed by atoms with Crippen LogP contribution in [-0.2, 0) is 19.1 Å². The van der Waals surface area contributed by atoms with Crippen LogP contribution in [0.2, 0.25) is 0 Å². The molecule has 7 nitrogen and oxygen atoms in total. The van der Waals surface area contributed by atoms with E-state index in [4.69, 9.17) is 4.74 Å². The SMILES string of the molecule is Cc1ccc(NC(=O)CS[C@@H](C)C(=O)OCC(=O)[C@H](C#N)c2nc(C)cs2)cc1. The van der Waals surface area contributed by atoms with Gasteiger partial charge >= 0.3 is 5.97 Å². The average molecular weight is 432 g/mol. The van der Waals surface area contributed by atoms with Crippen molar-refractivity contribution in [2.24, 2.45) is 0 Å². The largest absolute Gasteiger partial charge is 0.457 e. The number of anilines is 1. The molecule has 0 unspecified atom stereocenters. The summed E-state index contributed by atoms with van der Waals surface area (Å²) in [6.07, 6.45) is 0. The summed E-state index contributed by atoms with van der Waals surface area (Å²) >= 11 is 2.33. The molecule has 152 valence electrons. The van der Waals surface area contributed by atoms with Crippen LogP contribution < -0.4 is 5.32 Å². The Bertz CT molecular complexity index is 919. The maximum atomic E-state index is 12.2. The summed E-state index contributed by atoms with van der Waals surface area (Å²) in [5.74, 6) is -2.36. The van der Waals surface area contributed by atoms with Gasteiger partial charge in [-0.05, 0) is 32.9 Å². The van der Waals surface area contributed by atoms with E-state index < -0.39 is 29.5 Å². The van der Waals surface area contributed by atoms with Crippen molar-refractivity contribution in [1.82, 2.24) is 4.98 Å². The Balaban J connectivity index is 1.76. The summed E-state index contributed by atoms with van der Waals surface area (Å²) in [4.78, 5) is 40.4. The number of nitrogens with one attached hydrogen (secondary N) is 1. The first-order valence-corrected chi connectivity index (χ1v) is 10.7. The van der Waals surface area contributed by atoms with E-state index in [2.05, 4.69) is 10.3 Å². The summed E-state index contributed by atoms with van der Waals surface area (Å²) < 4.78 is 5.03. The standard InChI is InChI=1S/C20H21N3O4S2/c1-12-4-6-15(7-5-12)23-18(25)11-28-14(3)20(26)27-9-17(24)16(8-21)19-22-13(2)10-29-19/h4-7,10,14,16H,9,11H2,1-3H3,(H,23,25)/t14-,16-/m0/s1. The van der Waals surface area contributed by atoms with Crippen LogP contribution in [-0.4, -0.2) is 40.3 Å². The molecule has 1 amide bonds. The van der Waals surface area contributed by atoms with E-state index in [1.807, 2.05) is 25.1 Å². The number of aryl methyl sites for hydroxylation is 2. The number of amides is 1. The van der Waals surface area contributed by atoms with Crippen molar-refractivity contribution in [3.05, 3.63) is 45.9 Å². The number of rotatable bonds is 9. The van der Waals surface area contributed by atoms with Crippen LogP contribution in [0.15, 0.2) is 29.6 Å². The van der Waals surface area contributed by atoms with Crippen LogP contribution in [0.3, 0.4) is 0 Å². The van der Waals surface area contributed by atoms with Crippen LogP contribution in [0.1, 0.15) is 29.1 Å². The number of hydrogen-bond acceptors (Lipinski definition) is 8. The number of thioether (sulfide) groups is 1. The smallest absolute Gasteiger partial charge is 0.319 e. The predicted molar refractivity (Wildman–Crippen MR) is 113 cm³/mol. The predicted octanol–water partition coefficient (Wildman–Crippen LogP) is 3.24. The molecule has 29 heavy (non-hydrogen) atoms. The lowest BCUT2D eigenvalue weighted by Crippen LogP contribution is -2.25. The number of thiazole rings is 1. The molecule has 0 aliphatic heterocycles. The topological polar surface area (TPSA) is 109 Å². The number of ketones is 1. The Kier molecular flexibility index (Phi) is 8.36. The summed E-state index contributed by atoms with van der Waals surface area (Å²) in [6, 6.07) is 9.29. The van der Waals surface area contributed by atoms with E-state index >= 15 is 0 Å². The number of nitriles is 1. The average Bonchev–Trinajstić information content (AvgIpc) is 3.12. The fraction of sp³-hybridized carbons (Fsp3) is 0.350. The van der Waals surface area contributed by atoms with Crippen LogP contribution in [0, 0.1) is 25.2 Å². The second-order valence-corrected chi connectivity index (χ2v) is 8.55. The number of esters is 1. The van der Waals surface area contributed by atoms with Gasteiger partial charge in [0.1, 0.15) is 10.3 Å². The third kappa shape index (κ3) is 7.00. The zero-order valence-corrected chi connectivity index (χ0v) is 17.9. The molecule has 0 radical (unpaired) electrons. The van der Waals surface area contributed by atoms with Crippen molar-refractivity contribution in [2.45, 2.75) is 31.9 Å². The van der Waals surface area contributed by atoms with Crippen LogP contribution in [0.4, 0.5) is 5.69 Å². The quantitative estimate of drug-likeness (QED) is 0.607. The number of carbonyl (C=O) groups excluding carboxylic acids is 3. The van der Waals surface area contributed by atoms with Gasteiger partial charge in [-0.1, -0.05) is 17.7 Å². The van der Waals surface area contributed by atoms with Gasteiger partial charge in [-0.25, -0.2) is 4.98 Å². The molecule has 2 rings (SSSR count). The second-order valence-electron chi connectivity index (χ2n) is 6.33. The van der Waals surface area contributed by atoms with E-state index in [0.717, 1.165) is 23.0 Å². The monoisotopic (exact) mass is 431 g/mol. The number of nitrogens with zero attached hydrogens (tertiary/aromatic N) is 2. The number of benzene rings is 1. The highest BCUT2D eigenvalue weighted by molar-refractivity contribution is 8.01. The summed E-state index contributed by atoms with van der Waals surface area (Å²) in [7, 11) is 0. The number of Topliss-reactive ketones (excluding diaryl/α,β-unsaturated/α-hetero) is 1. The number of hydrogen-bond donors (Lipinski definition) is 1. The normalized spacial score (nSPS) is 12.5. The summed E-state index contributed by atoms with van der Waals surface area (Å²) in [6.45, 7) is 4.82. The lowest BCUT2D eigenvalue weighted by Gasteiger charge is -2.12. The Labute approximate surface area is 177 Å². The van der Waals surface area contributed by atoms with Gasteiger partial charge in [-0.3, -0.25) is 14.4 Å². The third-order valence-corrected chi connectivity index (χ3v) is 5.97. The van der Waals surface area contributed by atoms with Crippen molar-refractivity contribution in [2.75, 3.05) is 17.7 Å². The molecule has 0 aliphatic rings. The number of carbonyl (C=O) groups is 3. The van der Waals surface area contributed by atoms with Gasteiger partial charge in [-0.15, -0.1) is 23.1 Å². The molecule has 0 fully saturated rings. The molecule has 0 saturated heterocycles. The Morgan fingerprint density at radius 1 is 1.28 bits per heavy atom. The van der Waals surface area contributed by atoms with E-state index in [9.17, 15) is 19.6 Å². The lowest BCUT2D eigenvalue weighted by molar-refractivity contribution is -0.147.